The molecule has 0 saturated heterocycles. The van der Waals surface area contributed by atoms with Crippen molar-refractivity contribution in [3.8, 4) is 0 Å². The molecule has 2 unspecified atom stereocenters. The quantitative estimate of drug-likeness (QED) is 0.439. The van der Waals surface area contributed by atoms with Crippen LogP contribution in [-0.2, 0) is 4.57 Å². The number of hydrogen-bond acceptors (Lipinski definition) is 1. The van der Waals surface area contributed by atoms with Crippen LogP contribution in [0.1, 0.15) is 13.3 Å². The van der Waals surface area contributed by atoms with Gasteiger partial charge in [-0.2, -0.15) is 0 Å². The van der Waals surface area contributed by atoms with Crippen LogP contribution in [0.15, 0.2) is 60.7 Å². The van der Waals surface area contributed by atoms with E-state index in [0.29, 0.717) is 0 Å². The van der Waals surface area contributed by atoms with Gasteiger partial charge in [0.25, 0.3) is 0 Å². The van der Waals surface area contributed by atoms with Crippen molar-refractivity contribution >= 4 is 34.2 Å². The van der Waals surface area contributed by atoms with E-state index in [-0.39, 0.29) is 5.40 Å². The minimum absolute atomic E-state index is 0.197. The lowest BCUT2D eigenvalue weighted by Crippen LogP contribution is -2.22. The summed E-state index contributed by atoms with van der Waals surface area (Å²) in [5, 5.41) is 2.14. The molecule has 2 aromatic carbocycles. The van der Waals surface area contributed by atoms with Crippen LogP contribution in [0.5, 0.6) is 0 Å². The summed E-state index contributed by atoms with van der Waals surface area (Å²) in [6, 6.07) is 19.8. The molecule has 0 heterocycles. The van der Waals surface area contributed by atoms with Crippen LogP contribution in [0.2, 0.25) is 0 Å². The SMILES string of the molecule is CCC([PH3+])P(=O)(c1ccccc1)c1ccccc1.F[B-](F)(F)F. The highest BCUT2D eigenvalue weighted by Gasteiger charge is 2.35. The molecule has 1 nitrogen and oxygen atoms in total. The van der Waals surface area contributed by atoms with Crippen LogP contribution in [0.4, 0.5) is 17.3 Å². The summed E-state index contributed by atoms with van der Waals surface area (Å²) < 4.78 is 52.6. The Labute approximate surface area is 136 Å². The monoisotopic (exact) mass is 364 g/mol. The average Bonchev–Trinajstić information content (AvgIpc) is 2.53. The van der Waals surface area contributed by atoms with E-state index in [0.717, 1.165) is 17.0 Å². The number of rotatable bonds is 4. The third-order valence-electron chi connectivity index (χ3n) is 3.27. The molecule has 0 aliphatic rings. The van der Waals surface area contributed by atoms with Gasteiger partial charge in [-0.1, -0.05) is 67.6 Å². The normalized spacial score (nSPS) is 13.1. The van der Waals surface area contributed by atoms with Gasteiger partial charge < -0.3 is 21.8 Å². The molecule has 2 rings (SSSR count). The Morgan fingerprint density at radius 3 is 1.48 bits per heavy atom. The summed E-state index contributed by atoms with van der Waals surface area (Å²) in [6.07, 6.45) is 0.930. The Balaban J connectivity index is 0.000000463. The predicted octanol–water partition coefficient (Wildman–Crippen LogP) is 4.64. The fraction of sp³-hybridized carbons (Fsp3) is 0.200. The maximum absolute atomic E-state index is 13.6. The van der Waals surface area contributed by atoms with Crippen LogP contribution in [0, 0.1) is 0 Å². The fourth-order valence-corrected chi connectivity index (χ4v) is 6.28. The minimum atomic E-state index is -6.00. The largest absolute Gasteiger partial charge is 0.673 e. The van der Waals surface area contributed by atoms with Gasteiger partial charge in [-0.15, -0.1) is 0 Å². The van der Waals surface area contributed by atoms with E-state index in [4.69, 9.17) is 0 Å². The lowest BCUT2D eigenvalue weighted by atomic mass is 10.3. The van der Waals surface area contributed by atoms with Gasteiger partial charge in [0.1, 0.15) is 5.40 Å². The summed E-state index contributed by atoms with van der Waals surface area (Å²) in [7, 11) is -6.64. The van der Waals surface area contributed by atoms with Gasteiger partial charge in [-0.3, -0.25) is 0 Å². The van der Waals surface area contributed by atoms with Crippen molar-refractivity contribution in [3.05, 3.63) is 60.7 Å². The zero-order chi connectivity index (χ0) is 17.5. The van der Waals surface area contributed by atoms with Crippen LogP contribution >= 0.6 is 16.4 Å². The van der Waals surface area contributed by atoms with Gasteiger partial charge in [0.05, 0.1) is 0 Å². The highest BCUT2D eigenvalue weighted by atomic mass is 31.2. The topological polar surface area (TPSA) is 17.1 Å². The van der Waals surface area contributed by atoms with Gasteiger partial charge in [0.2, 0.25) is 0 Å². The molecule has 126 valence electrons. The van der Waals surface area contributed by atoms with Crippen molar-refractivity contribution in [2.24, 2.45) is 0 Å². The first-order chi connectivity index (χ1) is 10.7. The second-order valence-corrected chi connectivity index (χ2v) is 9.64. The molecule has 0 aromatic heterocycles. The molecule has 0 aliphatic heterocycles. The second-order valence-electron chi connectivity index (χ2n) is 4.89. The molecule has 0 amide bonds. The molecule has 0 spiro atoms. The molecular formula is C15H19BF4OP2. The van der Waals surface area contributed by atoms with E-state index in [1.54, 1.807) is 0 Å². The zero-order valence-electron chi connectivity index (χ0n) is 12.7. The third-order valence-corrected chi connectivity index (χ3v) is 8.91. The number of halogens is 4. The maximum atomic E-state index is 13.6. The Hall–Kier alpha value is -1.12. The standard InChI is InChI=1S/C15H18OP2.BF4/c1-2-15(17)18(16,13-9-5-3-6-10-13)14-11-7-4-8-12-14;2-1(3,4)5/h3-12,15H,2,17H2,1H3;/q;-1/p+1. The summed E-state index contributed by atoms with van der Waals surface area (Å²) in [5.41, 5.74) is 0. The molecule has 0 aliphatic carbocycles. The van der Waals surface area contributed by atoms with Gasteiger partial charge in [-0.25, -0.2) is 0 Å². The van der Waals surface area contributed by atoms with Gasteiger partial charge in [0.15, 0.2) is 7.14 Å². The molecule has 8 heteroatoms. The average molecular weight is 364 g/mol. The third kappa shape index (κ3) is 6.12. The first-order valence-electron chi connectivity index (χ1n) is 7.11. The van der Waals surface area contributed by atoms with E-state index in [9.17, 15) is 21.8 Å². The van der Waals surface area contributed by atoms with Crippen molar-refractivity contribution < 1.29 is 21.8 Å². The highest BCUT2D eigenvalue weighted by Crippen LogP contribution is 2.52. The Morgan fingerprint density at radius 2 is 1.22 bits per heavy atom. The van der Waals surface area contributed by atoms with Crippen LogP contribution in [-0.4, -0.2) is 12.7 Å². The van der Waals surface area contributed by atoms with E-state index in [1.807, 2.05) is 69.9 Å². The lowest BCUT2D eigenvalue weighted by Gasteiger charge is -2.21. The smallest absolute Gasteiger partial charge is 0.418 e. The van der Waals surface area contributed by atoms with Crippen molar-refractivity contribution in [1.82, 2.24) is 0 Å². The zero-order valence-corrected chi connectivity index (χ0v) is 15.0. The predicted molar refractivity (Wildman–Crippen MR) is 95.1 cm³/mol. The minimum Gasteiger partial charge on any atom is -0.418 e. The molecule has 0 fully saturated rings. The van der Waals surface area contributed by atoms with Gasteiger partial charge in [-0.05, 0) is 15.7 Å². The number of benzene rings is 2. The van der Waals surface area contributed by atoms with Crippen molar-refractivity contribution in [2.75, 3.05) is 0 Å². The molecule has 0 bridgehead atoms. The second kappa shape index (κ2) is 8.66. The van der Waals surface area contributed by atoms with Gasteiger partial charge >= 0.3 is 7.25 Å². The van der Waals surface area contributed by atoms with Crippen LogP contribution in [0.3, 0.4) is 0 Å². The lowest BCUT2D eigenvalue weighted by molar-refractivity contribution is 0.368. The first kappa shape index (κ1) is 19.9. The first-order valence-corrected chi connectivity index (χ1v) is 9.70. The van der Waals surface area contributed by atoms with Crippen LogP contribution < -0.4 is 10.6 Å². The van der Waals surface area contributed by atoms with E-state index >= 15 is 0 Å². The summed E-state index contributed by atoms with van der Waals surface area (Å²) >= 11 is 0. The Bertz CT molecular complexity index is 585. The maximum Gasteiger partial charge on any atom is 0.673 e. The van der Waals surface area contributed by atoms with E-state index in [2.05, 4.69) is 6.92 Å². The molecule has 2 atom stereocenters. The molecular weight excluding hydrogens is 345 g/mol. The van der Waals surface area contributed by atoms with Gasteiger partial charge in [0, 0.05) is 10.6 Å². The fourth-order valence-electron chi connectivity index (χ4n) is 2.13. The summed E-state index contributed by atoms with van der Waals surface area (Å²) in [4.78, 5) is 0. The Morgan fingerprint density at radius 1 is 0.913 bits per heavy atom. The van der Waals surface area contributed by atoms with E-state index in [1.165, 1.54) is 0 Å². The summed E-state index contributed by atoms with van der Waals surface area (Å²) in [5.74, 6) is 0. The molecule has 0 N–H and O–H groups in total. The van der Waals surface area contributed by atoms with E-state index < -0.39 is 14.4 Å². The van der Waals surface area contributed by atoms with Crippen molar-refractivity contribution in [3.63, 3.8) is 0 Å². The molecule has 23 heavy (non-hydrogen) atoms. The molecule has 0 saturated carbocycles. The Kier molecular flexibility index (Phi) is 7.50. The molecule has 2 aromatic rings. The summed E-state index contributed by atoms with van der Waals surface area (Å²) in [6.45, 7) is 2.11. The molecule has 0 radical (unpaired) electrons. The van der Waals surface area contributed by atoms with Crippen LogP contribution in [0.25, 0.3) is 0 Å². The highest BCUT2D eigenvalue weighted by molar-refractivity contribution is 7.83. The van der Waals surface area contributed by atoms with Crippen molar-refractivity contribution in [1.29, 1.82) is 0 Å². The van der Waals surface area contributed by atoms with Crippen molar-refractivity contribution in [2.45, 2.75) is 18.7 Å². The number of hydrogen-bond donors (Lipinski definition) is 0.